The van der Waals surface area contributed by atoms with E-state index in [1.54, 1.807) is 6.92 Å². The zero-order valence-corrected chi connectivity index (χ0v) is 16.1. The Kier molecular flexibility index (Phi) is 11.0. The van der Waals surface area contributed by atoms with E-state index in [4.69, 9.17) is 12.6 Å². The molecule has 19 heavy (non-hydrogen) atoms. The molecule has 1 fully saturated rings. The van der Waals surface area contributed by atoms with Crippen LogP contribution in [-0.2, 0) is 32.1 Å². The van der Waals surface area contributed by atoms with E-state index in [9.17, 15) is 0 Å². The van der Waals surface area contributed by atoms with E-state index in [2.05, 4.69) is 49.1 Å². The summed E-state index contributed by atoms with van der Waals surface area (Å²) in [6, 6.07) is 11.0. The number of hydrogen-bond acceptors (Lipinski definition) is 2. The maximum Gasteiger partial charge on any atom is 2.00 e. The van der Waals surface area contributed by atoms with Gasteiger partial charge in [-0.15, -0.1) is 5.25 Å². The number of hydrogen-bond donors (Lipinski definition) is 0. The van der Waals surface area contributed by atoms with Crippen LogP contribution in [0.1, 0.15) is 43.9 Å². The first-order valence-electron chi connectivity index (χ1n) is 6.94. The molecule has 0 amide bonds. The van der Waals surface area contributed by atoms with Gasteiger partial charge in [0, 0.05) is 0 Å². The number of nitrogens with zero attached hydrogens (tertiary/aromatic N) is 1. The molecule has 0 saturated carbocycles. The molecule has 0 bridgehead atoms. The Labute approximate surface area is 137 Å². The molecule has 0 unspecified atom stereocenters. The first kappa shape index (κ1) is 19.2. The average molecular weight is 329 g/mol. The molecule has 0 aromatic heterocycles. The van der Waals surface area contributed by atoms with E-state index in [1.165, 1.54) is 37.9 Å². The summed E-state index contributed by atoms with van der Waals surface area (Å²) < 4.78 is 0. The SMILES string of the molecule is C[C@@H]([C@H]([S-])c1ccccc1)N1CCCCC1.[CH2-]C.[Zn+2]. The van der Waals surface area contributed by atoms with Gasteiger partial charge < -0.3 is 24.5 Å². The van der Waals surface area contributed by atoms with Crippen molar-refractivity contribution in [2.75, 3.05) is 13.1 Å². The molecule has 0 N–H and O–H groups in total. The molecule has 102 valence electrons. The summed E-state index contributed by atoms with van der Waals surface area (Å²) in [6.07, 6.45) is 4.05. The second-order valence-electron chi connectivity index (χ2n) is 4.67. The van der Waals surface area contributed by atoms with Gasteiger partial charge >= 0.3 is 19.5 Å². The van der Waals surface area contributed by atoms with Gasteiger partial charge in [-0.1, -0.05) is 49.2 Å². The minimum atomic E-state index is 0. The molecule has 1 aromatic carbocycles. The average Bonchev–Trinajstić information content (AvgIpc) is 2.49. The molecular formula is C16H25NSZn. The normalized spacial score (nSPS) is 18.5. The summed E-state index contributed by atoms with van der Waals surface area (Å²) in [6.45, 7) is 9.72. The maximum atomic E-state index is 5.67. The third-order valence-electron chi connectivity index (χ3n) is 3.53. The zero-order valence-electron chi connectivity index (χ0n) is 12.3. The molecule has 0 aliphatic carbocycles. The van der Waals surface area contributed by atoms with Crippen molar-refractivity contribution in [2.45, 2.75) is 44.4 Å². The first-order valence-corrected chi connectivity index (χ1v) is 7.41. The van der Waals surface area contributed by atoms with Crippen LogP contribution in [0.15, 0.2) is 30.3 Å². The predicted molar refractivity (Wildman–Crippen MR) is 82.5 cm³/mol. The van der Waals surface area contributed by atoms with Crippen LogP contribution in [0.25, 0.3) is 0 Å². The van der Waals surface area contributed by atoms with Crippen molar-refractivity contribution in [3.8, 4) is 0 Å². The van der Waals surface area contributed by atoms with E-state index < -0.39 is 0 Å². The van der Waals surface area contributed by atoms with Gasteiger partial charge in [-0.3, -0.25) is 0 Å². The van der Waals surface area contributed by atoms with E-state index in [1.807, 2.05) is 0 Å². The molecule has 1 nitrogen and oxygen atoms in total. The minimum absolute atomic E-state index is 0. The monoisotopic (exact) mass is 327 g/mol. The molecule has 0 radical (unpaired) electrons. The van der Waals surface area contributed by atoms with Crippen molar-refractivity contribution < 1.29 is 19.5 Å². The molecule has 1 aromatic rings. The molecular weight excluding hydrogens is 304 g/mol. The van der Waals surface area contributed by atoms with E-state index >= 15 is 0 Å². The van der Waals surface area contributed by atoms with Crippen LogP contribution < -0.4 is 0 Å². The minimum Gasteiger partial charge on any atom is -0.783 e. The Morgan fingerprint density at radius 3 is 2.11 bits per heavy atom. The molecule has 1 aliphatic heterocycles. The van der Waals surface area contributed by atoms with Crippen LogP contribution in [0.5, 0.6) is 0 Å². The van der Waals surface area contributed by atoms with E-state index in [-0.39, 0.29) is 24.7 Å². The van der Waals surface area contributed by atoms with E-state index in [0.29, 0.717) is 6.04 Å². The van der Waals surface area contributed by atoms with Crippen LogP contribution in [-0.4, -0.2) is 24.0 Å². The van der Waals surface area contributed by atoms with Crippen molar-refractivity contribution in [1.29, 1.82) is 0 Å². The van der Waals surface area contributed by atoms with Gasteiger partial charge in [0.15, 0.2) is 0 Å². The van der Waals surface area contributed by atoms with Crippen molar-refractivity contribution in [1.82, 2.24) is 4.90 Å². The largest absolute Gasteiger partial charge is 2.00 e. The zero-order chi connectivity index (χ0) is 13.4. The van der Waals surface area contributed by atoms with Crippen LogP contribution in [0.3, 0.4) is 0 Å². The van der Waals surface area contributed by atoms with Crippen LogP contribution in [0.2, 0.25) is 0 Å². The summed E-state index contributed by atoms with van der Waals surface area (Å²) in [7, 11) is 0. The van der Waals surface area contributed by atoms with Gasteiger partial charge in [-0.2, -0.15) is 6.92 Å². The fourth-order valence-electron chi connectivity index (χ4n) is 2.44. The van der Waals surface area contributed by atoms with Crippen molar-refractivity contribution >= 4 is 12.6 Å². The third kappa shape index (κ3) is 5.98. The Morgan fingerprint density at radius 1 is 1.05 bits per heavy atom. The van der Waals surface area contributed by atoms with E-state index in [0.717, 1.165) is 0 Å². The van der Waals surface area contributed by atoms with Crippen LogP contribution in [0, 0.1) is 6.92 Å². The standard InChI is InChI=1S/C14H21NS.C2H5.Zn/c1-12(15-10-6-3-7-11-15)14(16)13-8-4-2-5-9-13;1-2;/h2,4-5,8-9,12,14,16H,3,6-7,10-11H2,1H3;1H2,2H3;/q;-1;+2/p-1/t12-,14-;;/m0../s1. The molecule has 3 heteroatoms. The fourth-order valence-corrected chi connectivity index (χ4v) is 2.77. The second-order valence-corrected chi connectivity index (χ2v) is 5.18. The van der Waals surface area contributed by atoms with Gasteiger partial charge in [-0.05, 0) is 32.0 Å². The number of benzene rings is 1. The topological polar surface area (TPSA) is 3.24 Å². The third-order valence-corrected chi connectivity index (χ3v) is 4.20. The maximum absolute atomic E-state index is 5.67. The van der Waals surface area contributed by atoms with Crippen molar-refractivity contribution in [3.63, 3.8) is 0 Å². The number of piperidine rings is 1. The summed E-state index contributed by atoms with van der Waals surface area (Å²) >= 11 is 5.67. The Morgan fingerprint density at radius 2 is 1.58 bits per heavy atom. The van der Waals surface area contributed by atoms with Gasteiger partial charge in [0.25, 0.3) is 0 Å². The van der Waals surface area contributed by atoms with Crippen molar-refractivity contribution in [3.05, 3.63) is 42.8 Å². The Bertz CT molecular complexity index is 312. The van der Waals surface area contributed by atoms with Gasteiger partial charge in [0.2, 0.25) is 0 Å². The van der Waals surface area contributed by atoms with Gasteiger partial charge in [0.05, 0.1) is 0 Å². The molecule has 1 saturated heterocycles. The molecule has 1 aliphatic rings. The summed E-state index contributed by atoms with van der Waals surface area (Å²) in [4.78, 5) is 2.55. The fraction of sp³-hybridized carbons (Fsp3) is 0.562. The van der Waals surface area contributed by atoms with Crippen LogP contribution >= 0.6 is 0 Å². The van der Waals surface area contributed by atoms with Gasteiger partial charge in [0.1, 0.15) is 0 Å². The second kappa shape index (κ2) is 10.9. The molecule has 0 spiro atoms. The summed E-state index contributed by atoms with van der Waals surface area (Å²) in [5.74, 6) is 0. The van der Waals surface area contributed by atoms with Crippen molar-refractivity contribution in [2.24, 2.45) is 0 Å². The molecule has 2 rings (SSSR count). The smallest absolute Gasteiger partial charge is 0.783 e. The first-order chi connectivity index (χ1) is 8.79. The Balaban J connectivity index is 0.00000103. The van der Waals surface area contributed by atoms with Gasteiger partial charge in [-0.25, -0.2) is 0 Å². The molecule has 1 heterocycles. The van der Waals surface area contributed by atoms with Crippen LogP contribution in [0.4, 0.5) is 0 Å². The number of rotatable bonds is 3. The molecule has 2 atom stereocenters. The summed E-state index contributed by atoms with van der Waals surface area (Å²) in [5, 5.41) is 0.222. The quantitative estimate of drug-likeness (QED) is 0.469. The summed E-state index contributed by atoms with van der Waals surface area (Å²) in [5.41, 5.74) is 1.29. The Hall–Kier alpha value is 0.153. The number of likely N-dealkylation sites (tertiary alicyclic amines) is 1. The predicted octanol–water partition coefficient (Wildman–Crippen LogP) is 3.99.